The zero-order valence-corrected chi connectivity index (χ0v) is 16.0. The first-order valence-corrected chi connectivity index (χ1v) is 10.2. The molecule has 0 amide bonds. The van der Waals surface area contributed by atoms with Crippen LogP contribution in [-0.4, -0.2) is 58.4 Å². The van der Waals surface area contributed by atoms with Crippen LogP contribution in [0.4, 0.5) is 10.2 Å². The number of piperazine rings is 1. The molecule has 0 spiro atoms. The molecule has 0 saturated carbocycles. The number of nitrogens with zero attached hydrogens (tertiary/aromatic N) is 6. The summed E-state index contributed by atoms with van der Waals surface area (Å²) in [7, 11) is -3.86. The van der Waals surface area contributed by atoms with Crippen LogP contribution in [0.15, 0.2) is 53.9 Å². The number of anilines is 1. The van der Waals surface area contributed by atoms with E-state index in [0.29, 0.717) is 24.7 Å². The van der Waals surface area contributed by atoms with Crippen LogP contribution in [0.25, 0.3) is 5.82 Å². The standard InChI is InChI=1S/C18H19FN6O2S/c1-14-21-17(12-18(22-14)24-7-6-20-13-24)23-8-10-25(11-9-23)28(26,27)16-5-3-2-4-15(16)19/h2-7,12-13H,8-11H2,1H3. The van der Waals surface area contributed by atoms with Crippen molar-refractivity contribution >= 4 is 15.8 Å². The normalized spacial score (nSPS) is 15.7. The van der Waals surface area contributed by atoms with Crippen LogP contribution in [0, 0.1) is 12.7 Å². The van der Waals surface area contributed by atoms with E-state index in [0.717, 1.165) is 11.9 Å². The van der Waals surface area contributed by atoms with Crippen molar-refractivity contribution < 1.29 is 12.8 Å². The quantitative estimate of drug-likeness (QED) is 0.659. The van der Waals surface area contributed by atoms with Gasteiger partial charge in [0.1, 0.15) is 34.5 Å². The number of sulfonamides is 1. The predicted molar refractivity (Wildman–Crippen MR) is 101 cm³/mol. The van der Waals surface area contributed by atoms with E-state index >= 15 is 0 Å². The Morgan fingerprint density at radius 3 is 2.43 bits per heavy atom. The molecule has 10 heteroatoms. The summed E-state index contributed by atoms with van der Waals surface area (Å²) in [5, 5.41) is 0. The zero-order chi connectivity index (χ0) is 19.7. The zero-order valence-electron chi connectivity index (χ0n) is 15.2. The summed E-state index contributed by atoms with van der Waals surface area (Å²) in [6.07, 6.45) is 5.12. The lowest BCUT2D eigenvalue weighted by molar-refractivity contribution is 0.381. The van der Waals surface area contributed by atoms with Gasteiger partial charge in [-0.25, -0.2) is 27.8 Å². The molecule has 1 fully saturated rings. The minimum absolute atomic E-state index is 0.250. The van der Waals surface area contributed by atoms with Gasteiger partial charge in [-0.2, -0.15) is 4.31 Å². The number of rotatable bonds is 4. The second-order valence-electron chi connectivity index (χ2n) is 6.42. The van der Waals surface area contributed by atoms with Crippen molar-refractivity contribution in [3.8, 4) is 5.82 Å². The number of benzene rings is 1. The van der Waals surface area contributed by atoms with Crippen molar-refractivity contribution in [2.45, 2.75) is 11.8 Å². The summed E-state index contributed by atoms with van der Waals surface area (Å²) >= 11 is 0. The second kappa shape index (κ2) is 7.28. The number of aromatic nitrogens is 4. The van der Waals surface area contributed by atoms with Crippen LogP contribution < -0.4 is 4.90 Å². The van der Waals surface area contributed by atoms with Gasteiger partial charge in [-0.1, -0.05) is 12.1 Å². The fraction of sp³-hybridized carbons (Fsp3) is 0.278. The van der Waals surface area contributed by atoms with E-state index in [4.69, 9.17) is 0 Å². The highest BCUT2D eigenvalue weighted by atomic mass is 32.2. The first-order chi connectivity index (χ1) is 13.4. The third-order valence-corrected chi connectivity index (χ3v) is 6.53. The topological polar surface area (TPSA) is 84.2 Å². The van der Waals surface area contributed by atoms with Crippen molar-refractivity contribution in [1.29, 1.82) is 0 Å². The SMILES string of the molecule is Cc1nc(N2CCN(S(=O)(=O)c3ccccc3F)CC2)cc(-n2ccnc2)n1. The molecule has 0 atom stereocenters. The number of halogens is 1. The van der Waals surface area contributed by atoms with E-state index in [1.165, 1.54) is 22.5 Å². The average Bonchev–Trinajstić information content (AvgIpc) is 3.23. The number of hydrogen-bond acceptors (Lipinski definition) is 6. The Bertz CT molecular complexity index is 1080. The Labute approximate surface area is 162 Å². The van der Waals surface area contributed by atoms with Crippen molar-refractivity contribution in [1.82, 2.24) is 23.8 Å². The summed E-state index contributed by atoms with van der Waals surface area (Å²) in [4.78, 5) is 14.6. The number of imidazole rings is 1. The molecule has 0 N–H and O–H groups in total. The van der Waals surface area contributed by atoms with Gasteiger partial charge in [0.15, 0.2) is 0 Å². The van der Waals surface area contributed by atoms with E-state index in [2.05, 4.69) is 15.0 Å². The maximum atomic E-state index is 14.0. The van der Waals surface area contributed by atoms with Gasteiger partial charge >= 0.3 is 0 Å². The molecular weight excluding hydrogens is 383 g/mol. The Kier molecular flexibility index (Phi) is 4.82. The molecule has 1 saturated heterocycles. The number of hydrogen-bond donors (Lipinski definition) is 0. The Balaban J connectivity index is 1.53. The summed E-state index contributed by atoms with van der Waals surface area (Å²) < 4.78 is 42.6. The minimum Gasteiger partial charge on any atom is -0.354 e. The molecule has 1 aromatic carbocycles. The molecule has 0 unspecified atom stereocenters. The molecule has 0 aliphatic carbocycles. The molecule has 1 aliphatic heterocycles. The van der Waals surface area contributed by atoms with E-state index in [1.807, 2.05) is 17.9 Å². The highest BCUT2D eigenvalue weighted by Gasteiger charge is 2.31. The van der Waals surface area contributed by atoms with Crippen LogP contribution in [-0.2, 0) is 10.0 Å². The van der Waals surface area contributed by atoms with Crippen LogP contribution in [0.1, 0.15) is 5.82 Å². The predicted octanol–water partition coefficient (Wildman–Crippen LogP) is 1.62. The van der Waals surface area contributed by atoms with Gasteiger partial charge in [0.2, 0.25) is 10.0 Å². The van der Waals surface area contributed by atoms with E-state index in [9.17, 15) is 12.8 Å². The molecule has 1 aliphatic rings. The van der Waals surface area contributed by atoms with Crippen molar-refractivity contribution in [3.63, 3.8) is 0 Å². The van der Waals surface area contributed by atoms with E-state index in [-0.39, 0.29) is 18.0 Å². The van der Waals surface area contributed by atoms with Crippen LogP contribution >= 0.6 is 0 Å². The van der Waals surface area contributed by atoms with Crippen molar-refractivity contribution in [2.24, 2.45) is 0 Å². The van der Waals surface area contributed by atoms with E-state index in [1.54, 1.807) is 23.3 Å². The van der Waals surface area contributed by atoms with Crippen LogP contribution in [0.3, 0.4) is 0 Å². The lowest BCUT2D eigenvalue weighted by atomic mass is 10.3. The van der Waals surface area contributed by atoms with Gasteiger partial charge < -0.3 is 4.90 Å². The average molecular weight is 402 g/mol. The van der Waals surface area contributed by atoms with Crippen LogP contribution in [0.5, 0.6) is 0 Å². The van der Waals surface area contributed by atoms with Crippen molar-refractivity contribution in [2.75, 3.05) is 31.1 Å². The van der Waals surface area contributed by atoms with Gasteiger partial charge in [-0.3, -0.25) is 4.57 Å². The van der Waals surface area contributed by atoms with Gasteiger partial charge in [-0.05, 0) is 19.1 Å². The smallest absolute Gasteiger partial charge is 0.246 e. The Morgan fingerprint density at radius 1 is 1.04 bits per heavy atom. The summed E-state index contributed by atoms with van der Waals surface area (Å²) in [5.74, 6) is 1.30. The minimum atomic E-state index is -3.86. The molecule has 0 bridgehead atoms. The molecule has 3 aromatic rings. The first-order valence-electron chi connectivity index (χ1n) is 8.79. The lowest BCUT2D eigenvalue weighted by Gasteiger charge is -2.34. The van der Waals surface area contributed by atoms with Gasteiger partial charge in [0.05, 0.1) is 0 Å². The fourth-order valence-corrected chi connectivity index (χ4v) is 4.66. The van der Waals surface area contributed by atoms with E-state index < -0.39 is 15.8 Å². The summed E-state index contributed by atoms with van der Waals surface area (Å²) in [6, 6.07) is 7.29. The maximum absolute atomic E-state index is 14.0. The third-order valence-electron chi connectivity index (χ3n) is 4.60. The fourth-order valence-electron chi connectivity index (χ4n) is 3.18. The molecule has 0 radical (unpaired) electrons. The third kappa shape index (κ3) is 3.48. The molecule has 4 rings (SSSR count). The van der Waals surface area contributed by atoms with Crippen molar-refractivity contribution in [3.05, 3.63) is 60.7 Å². The van der Waals surface area contributed by atoms with Crippen LogP contribution in [0.2, 0.25) is 0 Å². The molecule has 8 nitrogen and oxygen atoms in total. The summed E-state index contributed by atoms with van der Waals surface area (Å²) in [6.45, 7) is 3.21. The monoisotopic (exact) mass is 402 g/mol. The Morgan fingerprint density at radius 2 is 1.75 bits per heavy atom. The largest absolute Gasteiger partial charge is 0.354 e. The lowest BCUT2D eigenvalue weighted by Crippen LogP contribution is -2.49. The van der Waals surface area contributed by atoms with Gasteiger partial charge in [0, 0.05) is 44.6 Å². The molecule has 28 heavy (non-hydrogen) atoms. The summed E-state index contributed by atoms with van der Waals surface area (Å²) in [5.41, 5.74) is 0. The first kappa shape index (κ1) is 18.5. The van der Waals surface area contributed by atoms with Gasteiger partial charge in [-0.15, -0.1) is 0 Å². The maximum Gasteiger partial charge on any atom is 0.246 e. The molecular formula is C18H19FN6O2S. The highest BCUT2D eigenvalue weighted by Crippen LogP contribution is 2.23. The molecule has 3 heterocycles. The number of aryl methyl sites for hydroxylation is 1. The highest BCUT2D eigenvalue weighted by molar-refractivity contribution is 7.89. The Hall–Kier alpha value is -2.85. The molecule has 2 aromatic heterocycles. The molecule has 146 valence electrons. The van der Waals surface area contributed by atoms with Gasteiger partial charge in [0.25, 0.3) is 0 Å². The second-order valence-corrected chi connectivity index (χ2v) is 8.33.